The number of piperazine rings is 1. The minimum atomic E-state index is 0.0906. The van der Waals surface area contributed by atoms with Gasteiger partial charge in [0.25, 0.3) is 5.91 Å². The summed E-state index contributed by atoms with van der Waals surface area (Å²) in [5, 5.41) is 0. The Kier molecular flexibility index (Phi) is 3.42. The van der Waals surface area contributed by atoms with Gasteiger partial charge in [-0.1, -0.05) is 12.1 Å². The van der Waals surface area contributed by atoms with E-state index >= 15 is 0 Å². The number of methoxy groups -OCH3 is 1. The number of amides is 1. The van der Waals surface area contributed by atoms with Crippen molar-refractivity contribution in [3.8, 4) is 5.75 Å². The first-order valence-electron chi connectivity index (χ1n) is 6.96. The van der Waals surface area contributed by atoms with E-state index in [0.29, 0.717) is 11.3 Å². The number of ether oxygens (including phenoxy) is 1. The maximum Gasteiger partial charge on any atom is 0.257 e. The van der Waals surface area contributed by atoms with Crippen LogP contribution in [0.25, 0.3) is 0 Å². The van der Waals surface area contributed by atoms with Crippen molar-refractivity contribution in [3.63, 3.8) is 0 Å². The van der Waals surface area contributed by atoms with Crippen LogP contribution < -0.4 is 4.74 Å². The van der Waals surface area contributed by atoms with Gasteiger partial charge < -0.3 is 9.64 Å². The lowest BCUT2D eigenvalue weighted by atomic mass is 10.1. The Bertz CT molecular complexity index is 463. The summed E-state index contributed by atoms with van der Waals surface area (Å²) in [4.78, 5) is 16.9. The second kappa shape index (κ2) is 5.21. The van der Waals surface area contributed by atoms with Gasteiger partial charge in [0, 0.05) is 32.2 Å². The topological polar surface area (TPSA) is 32.8 Å². The highest BCUT2D eigenvalue weighted by molar-refractivity contribution is 5.97. The highest BCUT2D eigenvalue weighted by Crippen LogP contribution is 2.28. The second-order valence-corrected chi connectivity index (χ2v) is 5.26. The molecular formula is C15H20N2O2. The van der Waals surface area contributed by atoms with Crippen molar-refractivity contribution in [2.75, 3.05) is 33.3 Å². The van der Waals surface area contributed by atoms with Gasteiger partial charge in [0.1, 0.15) is 5.75 Å². The summed E-state index contributed by atoms with van der Waals surface area (Å²) in [7, 11) is 1.61. The number of carbonyl (C=O) groups is 1. The van der Waals surface area contributed by atoms with E-state index in [4.69, 9.17) is 4.74 Å². The first-order chi connectivity index (χ1) is 9.29. The third kappa shape index (κ3) is 2.59. The minimum absolute atomic E-state index is 0.0906. The molecule has 2 aliphatic rings. The number of benzene rings is 1. The molecule has 1 aliphatic heterocycles. The van der Waals surface area contributed by atoms with Crippen LogP contribution in [0.15, 0.2) is 24.3 Å². The summed E-state index contributed by atoms with van der Waals surface area (Å²) in [6.07, 6.45) is 2.67. The Morgan fingerprint density at radius 1 is 1.16 bits per heavy atom. The zero-order chi connectivity index (χ0) is 13.2. The van der Waals surface area contributed by atoms with E-state index in [1.165, 1.54) is 12.8 Å². The lowest BCUT2D eigenvalue weighted by Gasteiger charge is -2.35. The van der Waals surface area contributed by atoms with Crippen LogP contribution in [0.5, 0.6) is 5.75 Å². The van der Waals surface area contributed by atoms with Crippen molar-refractivity contribution in [1.82, 2.24) is 9.80 Å². The molecule has 1 saturated carbocycles. The van der Waals surface area contributed by atoms with Crippen molar-refractivity contribution < 1.29 is 9.53 Å². The molecular weight excluding hydrogens is 240 g/mol. The fourth-order valence-electron chi connectivity index (χ4n) is 2.72. The zero-order valence-corrected chi connectivity index (χ0v) is 11.3. The molecule has 0 spiro atoms. The van der Waals surface area contributed by atoms with Crippen LogP contribution in [0.3, 0.4) is 0 Å². The van der Waals surface area contributed by atoms with Crippen LogP contribution in [0, 0.1) is 0 Å². The first-order valence-corrected chi connectivity index (χ1v) is 6.96. The van der Waals surface area contributed by atoms with Crippen LogP contribution in [0.2, 0.25) is 0 Å². The predicted octanol–water partition coefficient (Wildman–Crippen LogP) is 1.62. The molecule has 0 atom stereocenters. The lowest BCUT2D eigenvalue weighted by Crippen LogP contribution is -2.49. The van der Waals surface area contributed by atoms with Gasteiger partial charge in [0.2, 0.25) is 0 Å². The molecule has 1 aromatic rings. The van der Waals surface area contributed by atoms with Crippen LogP contribution in [0.4, 0.5) is 0 Å². The van der Waals surface area contributed by atoms with Gasteiger partial charge >= 0.3 is 0 Å². The standard InChI is InChI=1S/C15H20N2O2/c1-19-14-5-3-2-4-13(14)15(18)17-10-8-16(9-11-17)12-6-7-12/h2-5,12H,6-11H2,1H3. The predicted molar refractivity (Wildman–Crippen MR) is 73.5 cm³/mol. The molecule has 1 heterocycles. The Balaban J connectivity index is 1.67. The Labute approximate surface area is 113 Å². The molecule has 2 fully saturated rings. The van der Waals surface area contributed by atoms with Gasteiger partial charge in [-0.15, -0.1) is 0 Å². The van der Waals surface area contributed by atoms with E-state index in [0.717, 1.165) is 32.2 Å². The highest BCUT2D eigenvalue weighted by Gasteiger charge is 2.32. The quantitative estimate of drug-likeness (QED) is 0.828. The van der Waals surface area contributed by atoms with Crippen molar-refractivity contribution >= 4 is 5.91 Å². The Morgan fingerprint density at radius 3 is 2.47 bits per heavy atom. The molecule has 0 N–H and O–H groups in total. The van der Waals surface area contributed by atoms with Gasteiger partial charge in [-0.05, 0) is 25.0 Å². The van der Waals surface area contributed by atoms with E-state index in [2.05, 4.69) is 4.90 Å². The highest BCUT2D eigenvalue weighted by atomic mass is 16.5. The molecule has 19 heavy (non-hydrogen) atoms. The lowest BCUT2D eigenvalue weighted by molar-refractivity contribution is 0.0624. The molecule has 3 rings (SSSR count). The molecule has 0 unspecified atom stereocenters. The molecule has 1 aliphatic carbocycles. The van der Waals surface area contributed by atoms with E-state index in [9.17, 15) is 4.79 Å². The van der Waals surface area contributed by atoms with Crippen LogP contribution in [0.1, 0.15) is 23.2 Å². The molecule has 102 valence electrons. The van der Waals surface area contributed by atoms with Crippen molar-refractivity contribution in [2.24, 2.45) is 0 Å². The van der Waals surface area contributed by atoms with Gasteiger partial charge in [-0.3, -0.25) is 9.69 Å². The molecule has 4 nitrogen and oxygen atoms in total. The molecule has 1 amide bonds. The summed E-state index contributed by atoms with van der Waals surface area (Å²) >= 11 is 0. The SMILES string of the molecule is COc1ccccc1C(=O)N1CCN(C2CC2)CC1. The van der Waals surface area contributed by atoms with E-state index in [-0.39, 0.29) is 5.91 Å². The number of hydrogen-bond donors (Lipinski definition) is 0. The number of para-hydroxylation sites is 1. The number of carbonyl (C=O) groups excluding carboxylic acids is 1. The number of nitrogens with zero attached hydrogens (tertiary/aromatic N) is 2. The monoisotopic (exact) mass is 260 g/mol. The third-order valence-corrected chi connectivity index (χ3v) is 4.00. The summed E-state index contributed by atoms with van der Waals surface area (Å²) in [5.74, 6) is 0.755. The molecule has 4 heteroatoms. The van der Waals surface area contributed by atoms with Crippen molar-refractivity contribution in [3.05, 3.63) is 29.8 Å². The van der Waals surface area contributed by atoms with Crippen molar-refractivity contribution in [2.45, 2.75) is 18.9 Å². The minimum Gasteiger partial charge on any atom is -0.496 e. The normalized spacial score (nSPS) is 20.4. The van der Waals surface area contributed by atoms with E-state index < -0.39 is 0 Å². The van der Waals surface area contributed by atoms with Gasteiger partial charge in [0.15, 0.2) is 0 Å². The average Bonchev–Trinajstić information content (AvgIpc) is 3.31. The summed E-state index contributed by atoms with van der Waals surface area (Å²) in [5.41, 5.74) is 0.671. The van der Waals surface area contributed by atoms with E-state index in [1.54, 1.807) is 7.11 Å². The maximum atomic E-state index is 12.5. The number of rotatable bonds is 3. The maximum absolute atomic E-state index is 12.5. The van der Waals surface area contributed by atoms with Crippen molar-refractivity contribution in [1.29, 1.82) is 0 Å². The molecule has 0 aromatic heterocycles. The fraction of sp³-hybridized carbons (Fsp3) is 0.533. The fourth-order valence-corrected chi connectivity index (χ4v) is 2.72. The Hall–Kier alpha value is -1.55. The summed E-state index contributed by atoms with van der Waals surface area (Å²) in [6.45, 7) is 3.66. The largest absolute Gasteiger partial charge is 0.496 e. The average molecular weight is 260 g/mol. The van der Waals surface area contributed by atoms with Crippen LogP contribution in [-0.2, 0) is 0 Å². The molecule has 0 bridgehead atoms. The second-order valence-electron chi connectivity index (χ2n) is 5.26. The molecule has 1 aromatic carbocycles. The molecule has 0 radical (unpaired) electrons. The summed E-state index contributed by atoms with van der Waals surface area (Å²) in [6, 6.07) is 8.25. The van der Waals surface area contributed by atoms with Gasteiger partial charge in [-0.25, -0.2) is 0 Å². The van der Waals surface area contributed by atoms with Gasteiger partial charge in [-0.2, -0.15) is 0 Å². The third-order valence-electron chi connectivity index (χ3n) is 4.00. The first kappa shape index (κ1) is 12.5. The zero-order valence-electron chi connectivity index (χ0n) is 11.3. The smallest absolute Gasteiger partial charge is 0.257 e. The van der Waals surface area contributed by atoms with Crippen LogP contribution >= 0.6 is 0 Å². The Morgan fingerprint density at radius 2 is 1.84 bits per heavy atom. The summed E-state index contributed by atoms with van der Waals surface area (Å²) < 4.78 is 5.27. The van der Waals surface area contributed by atoms with Gasteiger partial charge in [0.05, 0.1) is 12.7 Å². The molecule has 1 saturated heterocycles. The number of hydrogen-bond acceptors (Lipinski definition) is 3. The van der Waals surface area contributed by atoms with E-state index in [1.807, 2.05) is 29.2 Å². The van der Waals surface area contributed by atoms with Crippen LogP contribution in [-0.4, -0.2) is 55.0 Å².